The van der Waals surface area contributed by atoms with E-state index in [4.69, 9.17) is 11.6 Å². The summed E-state index contributed by atoms with van der Waals surface area (Å²) < 4.78 is 3.55. The summed E-state index contributed by atoms with van der Waals surface area (Å²) in [5.41, 5.74) is 2.67. The van der Waals surface area contributed by atoms with Crippen LogP contribution in [0.1, 0.15) is 61.3 Å². The van der Waals surface area contributed by atoms with E-state index < -0.39 is 0 Å². The molecule has 1 atom stereocenters. The molecule has 2 aromatic rings. The van der Waals surface area contributed by atoms with Crippen molar-refractivity contribution in [3.05, 3.63) is 34.4 Å². The average molecular weight is 336 g/mol. The van der Waals surface area contributed by atoms with Crippen LogP contribution in [-0.2, 0) is 19.0 Å². The number of nitrogens with one attached hydrogen (secondary N) is 1. The lowest BCUT2D eigenvalue weighted by Crippen LogP contribution is -2.32. The van der Waals surface area contributed by atoms with Crippen LogP contribution < -0.4 is 5.32 Å². The number of aromatic nitrogens is 4. The second-order valence-corrected chi connectivity index (χ2v) is 7.38. The summed E-state index contributed by atoms with van der Waals surface area (Å²) in [6, 6.07) is -0.0291. The number of amides is 1. The van der Waals surface area contributed by atoms with Gasteiger partial charge in [0, 0.05) is 18.3 Å². The highest BCUT2D eigenvalue weighted by Gasteiger charge is 2.29. The van der Waals surface area contributed by atoms with Gasteiger partial charge in [0.25, 0.3) is 5.91 Å². The smallest absolute Gasteiger partial charge is 0.256 e. The Bertz CT molecular complexity index is 740. The fourth-order valence-electron chi connectivity index (χ4n) is 3.10. The van der Waals surface area contributed by atoms with Crippen LogP contribution in [-0.4, -0.2) is 25.5 Å². The van der Waals surface area contributed by atoms with Crippen LogP contribution in [0.3, 0.4) is 0 Å². The fraction of sp³-hybridized carbons (Fsp3) is 0.562. The van der Waals surface area contributed by atoms with Gasteiger partial charge in [0.15, 0.2) is 0 Å². The Morgan fingerprint density at radius 2 is 2.09 bits per heavy atom. The maximum Gasteiger partial charge on any atom is 0.256 e. The fourth-order valence-corrected chi connectivity index (χ4v) is 3.27. The Hall–Kier alpha value is -1.82. The number of aryl methyl sites for hydroxylation is 1. The number of hydrogen-bond donors (Lipinski definition) is 1. The quantitative estimate of drug-likeness (QED) is 0.917. The van der Waals surface area contributed by atoms with Gasteiger partial charge in [-0.15, -0.1) is 0 Å². The molecule has 1 N–H and O–H groups in total. The van der Waals surface area contributed by atoms with Crippen LogP contribution in [0.25, 0.3) is 0 Å². The molecule has 1 amide bonds. The molecule has 2 aromatic heterocycles. The molecule has 23 heavy (non-hydrogen) atoms. The molecule has 124 valence electrons. The van der Waals surface area contributed by atoms with Gasteiger partial charge in [0.05, 0.1) is 29.5 Å². The number of carbonyl (C=O) groups excluding carboxylic acids is 1. The van der Waals surface area contributed by atoms with Crippen molar-refractivity contribution in [1.82, 2.24) is 24.9 Å². The van der Waals surface area contributed by atoms with Gasteiger partial charge in [0.2, 0.25) is 0 Å². The van der Waals surface area contributed by atoms with E-state index >= 15 is 0 Å². The van der Waals surface area contributed by atoms with Gasteiger partial charge in [0.1, 0.15) is 5.15 Å². The SMILES string of the molecule is Cn1ncc(C(=O)NC2CCCc3c2cnn3C(C)(C)C)c1Cl. The van der Waals surface area contributed by atoms with Crippen molar-refractivity contribution < 1.29 is 4.79 Å². The zero-order valence-corrected chi connectivity index (χ0v) is 14.7. The van der Waals surface area contributed by atoms with Crippen LogP contribution in [0.15, 0.2) is 12.4 Å². The normalized spacial score (nSPS) is 17.9. The molecule has 0 fully saturated rings. The summed E-state index contributed by atoms with van der Waals surface area (Å²) in [5, 5.41) is 12.0. The summed E-state index contributed by atoms with van der Waals surface area (Å²) in [6.07, 6.45) is 6.31. The van der Waals surface area contributed by atoms with Gasteiger partial charge in [-0.2, -0.15) is 10.2 Å². The minimum Gasteiger partial charge on any atom is -0.345 e. The third kappa shape index (κ3) is 2.87. The molecule has 0 bridgehead atoms. The molecule has 0 radical (unpaired) electrons. The molecule has 0 saturated heterocycles. The van der Waals surface area contributed by atoms with Crippen LogP contribution in [0.4, 0.5) is 0 Å². The van der Waals surface area contributed by atoms with E-state index in [1.807, 2.05) is 6.20 Å². The topological polar surface area (TPSA) is 64.7 Å². The van der Waals surface area contributed by atoms with Crippen LogP contribution in [0.5, 0.6) is 0 Å². The summed E-state index contributed by atoms with van der Waals surface area (Å²) in [6.45, 7) is 6.41. The number of carbonyl (C=O) groups is 1. The average Bonchev–Trinajstić information content (AvgIpc) is 3.04. The highest BCUT2D eigenvalue weighted by molar-refractivity contribution is 6.32. The molecular weight excluding hydrogens is 314 g/mol. The molecule has 2 heterocycles. The van der Waals surface area contributed by atoms with Crippen LogP contribution in [0.2, 0.25) is 5.15 Å². The monoisotopic (exact) mass is 335 g/mol. The molecule has 0 saturated carbocycles. The molecule has 0 aromatic carbocycles. The molecular formula is C16H22ClN5O. The molecule has 7 heteroatoms. The highest BCUT2D eigenvalue weighted by Crippen LogP contribution is 2.32. The first-order valence-corrected chi connectivity index (χ1v) is 8.22. The van der Waals surface area contributed by atoms with Gasteiger partial charge in [-0.1, -0.05) is 11.6 Å². The van der Waals surface area contributed by atoms with Crippen molar-refractivity contribution in [2.45, 2.75) is 51.6 Å². The van der Waals surface area contributed by atoms with Crippen molar-refractivity contribution in [3.63, 3.8) is 0 Å². The van der Waals surface area contributed by atoms with Gasteiger partial charge in [-0.25, -0.2) is 0 Å². The van der Waals surface area contributed by atoms with E-state index in [-0.39, 0.29) is 17.5 Å². The number of fused-ring (bicyclic) bond motifs is 1. The van der Waals surface area contributed by atoms with Crippen molar-refractivity contribution >= 4 is 17.5 Å². The van der Waals surface area contributed by atoms with Gasteiger partial charge < -0.3 is 5.32 Å². The van der Waals surface area contributed by atoms with E-state index in [2.05, 4.69) is 41.0 Å². The molecule has 0 aliphatic heterocycles. The molecule has 3 rings (SSSR count). The minimum absolute atomic E-state index is 0.0291. The standard InChI is InChI=1S/C16H22ClN5O/c1-16(2,3)22-13-7-5-6-12(10(13)8-19-22)20-15(23)11-9-18-21(4)14(11)17/h8-9,12H,5-7H2,1-4H3,(H,20,23). The highest BCUT2D eigenvalue weighted by atomic mass is 35.5. The zero-order chi connectivity index (χ0) is 16.8. The Kier molecular flexibility index (Phi) is 3.96. The Morgan fingerprint density at radius 3 is 2.70 bits per heavy atom. The lowest BCUT2D eigenvalue weighted by molar-refractivity contribution is 0.0932. The van der Waals surface area contributed by atoms with Crippen molar-refractivity contribution in [3.8, 4) is 0 Å². The Morgan fingerprint density at radius 1 is 1.35 bits per heavy atom. The van der Waals surface area contributed by atoms with Gasteiger partial charge in [-0.3, -0.25) is 14.2 Å². The number of hydrogen-bond acceptors (Lipinski definition) is 3. The lowest BCUT2D eigenvalue weighted by atomic mass is 9.92. The molecule has 1 aliphatic rings. The number of rotatable bonds is 2. The van der Waals surface area contributed by atoms with Gasteiger partial charge in [-0.05, 0) is 40.0 Å². The molecule has 1 aliphatic carbocycles. The second-order valence-electron chi connectivity index (χ2n) is 7.02. The molecule has 0 spiro atoms. The van der Waals surface area contributed by atoms with E-state index in [1.165, 1.54) is 16.6 Å². The van der Waals surface area contributed by atoms with Crippen molar-refractivity contribution in [2.24, 2.45) is 7.05 Å². The third-order valence-corrected chi connectivity index (χ3v) is 4.68. The maximum atomic E-state index is 12.5. The predicted molar refractivity (Wildman–Crippen MR) is 88.6 cm³/mol. The summed E-state index contributed by atoms with van der Waals surface area (Å²) in [4.78, 5) is 12.5. The first-order valence-electron chi connectivity index (χ1n) is 7.84. The van der Waals surface area contributed by atoms with E-state index in [9.17, 15) is 4.79 Å². The Balaban J connectivity index is 1.85. The predicted octanol–water partition coefficient (Wildman–Crippen LogP) is 2.83. The van der Waals surface area contributed by atoms with Gasteiger partial charge >= 0.3 is 0 Å². The first-order chi connectivity index (χ1) is 10.8. The Labute approximate surface area is 140 Å². The number of nitrogens with zero attached hydrogens (tertiary/aromatic N) is 4. The minimum atomic E-state index is -0.190. The largest absolute Gasteiger partial charge is 0.345 e. The van der Waals surface area contributed by atoms with E-state index in [0.29, 0.717) is 10.7 Å². The third-order valence-electron chi connectivity index (χ3n) is 4.23. The van der Waals surface area contributed by atoms with E-state index in [0.717, 1.165) is 24.8 Å². The summed E-state index contributed by atoms with van der Waals surface area (Å²) in [7, 11) is 1.71. The van der Waals surface area contributed by atoms with Crippen molar-refractivity contribution in [2.75, 3.05) is 0 Å². The second kappa shape index (κ2) is 5.67. The molecule has 6 nitrogen and oxygen atoms in total. The van der Waals surface area contributed by atoms with Crippen molar-refractivity contribution in [1.29, 1.82) is 0 Å². The van der Waals surface area contributed by atoms with Crippen LogP contribution >= 0.6 is 11.6 Å². The maximum absolute atomic E-state index is 12.5. The van der Waals surface area contributed by atoms with Crippen LogP contribution in [0, 0.1) is 0 Å². The summed E-state index contributed by atoms with van der Waals surface area (Å²) >= 11 is 6.11. The first kappa shape index (κ1) is 16.1. The van der Waals surface area contributed by atoms with E-state index in [1.54, 1.807) is 7.05 Å². The number of halogens is 1. The molecule has 1 unspecified atom stereocenters. The lowest BCUT2D eigenvalue weighted by Gasteiger charge is -2.28. The summed E-state index contributed by atoms with van der Waals surface area (Å²) in [5.74, 6) is -0.190. The zero-order valence-electron chi connectivity index (χ0n) is 13.9.